The van der Waals surface area contributed by atoms with E-state index in [2.05, 4.69) is 46.2 Å². The Morgan fingerprint density at radius 2 is 2.27 bits per heavy atom. The zero-order valence-corrected chi connectivity index (χ0v) is 16.1. The number of aromatic amines is 1. The lowest BCUT2D eigenvalue weighted by Gasteiger charge is -2.10. The summed E-state index contributed by atoms with van der Waals surface area (Å²) in [4.78, 5) is 12.2. The van der Waals surface area contributed by atoms with Crippen molar-refractivity contribution in [2.75, 3.05) is 24.7 Å². The molecular weight excluding hydrogens is 430 g/mol. The molecule has 0 saturated carbocycles. The standard InChI is InChI=1S/C14H16BrN5O5S/c1-26(22,23)25-3-2-16-13-11(6-17-19-13)12-10(14(21)20-18-12)5-9-4-8(15)7-24-9/h4,6-7,10H,2-3,5H2,1H3,(H,20,21)(H2,16,17,19). The van der Waals surface area contributed by atoms with Crippen molar-refractivity contribution in [1.82, 2.24) is 15.6 Å². The number of hydrazone groups is 1. The number of amides is 1. The van der Waals surface area contributed by atoms with Crippen molar-refractivity contribution in [3.8, 4) is 0 Å². The molecule has 3 rings (SSSR count). The number of nitrogens with one attached hydrogen (secondary N) is 3. The van der Waals surface area contributed by atoms with Crippen LogP contribution in [-0.4, -0.2) is 49.6 Å². The van der Waals surface area contributed by atoms with E-state index < -0.39 is 16.0 Å². The van der Waals surface area contributed by atoms with Crippen LogP contribution in [0.2, 0.25) is 0 Å². The fourth-order valence-electron chi connectivity index (χ4n) is 2.48. The molecule has 1 amide bonds. The molecule has 2 aromatic heterocycles. The smallest absolute Gasteiger partial charge is 0.264 e. The summed E-state index contributed by atoms with van der Waals surface area (Å²) in [6.07, 6.45) is 4.42. The first-order valence-corrected chi connectivity index (χ1v) is 10.2. The summed E-state index contributed by atoms with van der Waals surface area (Å²) in [6.45, 7) is 0.192. The van der Waals surface area contributed by atoms with E-state index in [1.807, 2.05) is 0 Å². The first-order valence-electron chi connectivity index (χ1n) is 7.56. The van der Waals surface area contributed by atoms with E-state index >= 15 is 0 Å². The molecule has 0 aliphatic carbocycles. The van der Waals surface area contributed by atoms with Gasteiger partial charge in [-0.05, 0) is 22.0 Å². The molecular formula is C14H16BrN5O5S. The SMILES string of the molecule is CS(=O)(=O)OCCNc1[nH]ncc1C1=NNC(=O)C1Cc1cc(Br)co1. The highest BCUT2D eigenvalue weighted by Gasteiger charge is 2.34. The van der Waals surface area contributed by atoms with Crippen LogP contribution in [0.25, 0.3) is 0 Å². The zero-order valence-electron chi connectivity index (χ0n) is 13.7. The van der Waals surface area contributed by atoms with Crippen molar-refractivity contribution in [2.45, 2.75) is 6.42 Å². The molecule has 12 heteroatoms. The maximum absolute atomic E-state index is 12.2. The van der Waals surface area contributed by atoms with Crippen molar-refractivity contribution in [3.63, 3.8) is 0 Å². The average Bonchev–Trinajstić information content (AvgIpc) is 3.26. The molecule has 3 N–H and O–H groups in total. The Hall–Kier alpha value is -2.18. The Balaban J connectivity index is 1.69. The minimum atomic E-state index is -3.50. The lowest BCUT2D eigenvalue weighted by molar-refractivity contribution is -0.122. The normalized spacial score (nSPS) is 17.2. The highest BCUT2D eigenvalue weighted by molar-refractivity contribution is 9.10. The molecule has 3 heterocycles. The second-order valence-corrected chi connectivity index (χ2v) is 8.13. The highest BCUT2D eigenvalue weighted by atomic mass is 79.9. The van der Waals surface area contributed by atoms with Gasteiger partial charge in [-0.3, -0.25) is 14.1 Å². The number of hydrogen-bond acceptors (Lipinski definition) is 8. The largest absolute Gasteiger partial charge is 0.468 e. The minimum absolute atomic E-state index is 0.0369. The number of carbonyl (C=O) groups excluding carboxylic acids is 1. The third-order valence-electron chi connectivity index (χ3n) is 3.58. The average molecular weight is 446 g/mol. The summed E-state index contributed by atoms with van der Waals surface area (Å²) in [5.41, 5.74) is 3.60. The maximum Gasteiger partial charge on any atom is 0.264 e. The number of anilines is 1. The maximum atomic E-state index is 12.2. The van der Waals surface area contributed by atoms with Crippen LogP contribution in [0.5, 0.6) is 0 Å². The highest BCUT2D eigenvalue weighted by Crippen LogP contribution is 2.25. The molecule has 0 bridgehead atoms. The molecule has 1 unspecified atom stereocenters. The van der Waals surface area contributed by atoms with E-state index in [1.54, 1.807) is 18.5 Å². The first-order chi connectivity index (χ1) is 12.3. The van der Waals surface area contributed by atoms with Gasteiger partial charge in [0.1, 0.15) is 17.8 Å². The number of furan rings is 1. The van der Waals surface area contributed by atoms with Crippen LogP contribution >= 0.6 is 15.9 Å². The van der Waals surface area contributed by atoms with Gasteiger partial charge in [-0.1, -0.05) is 0 Å². The molecule has 0 spiro atoms. The van der Waals surface area contributed by atoms with Gasteiger partial charge in [0.25, 0.3) is 10.1 Å². The van der Waals surface area contributed by atoms with Gasteiger partial charge in [-0.25, -0.2) is 5.43 Å². The monoisotopic (exact) mass is 445 g/mol. The fourth-order valence-corrected chi connectivity index (χ4v) is 3.21. The van der Waals surface area contributed by atoms with E-state index in [0.717, 1.165) is 10.7 Å². The van der Waals surface area contributed by atoms with Crippen LogP contribution in [0.15, 0.2) is 32.5 Å². The van der Waals surface area contributed by atoms with Gasteiger partial charge in [0.15, 0.2) is 0 Å². The Kier molecular flexibility index (Phi) is 5.44. The molecule has 1 aliphatic rings. The number of H-pyrrole nitrogens is 1. The van der Waals surface area contributed by atoms with Crippen molar-refractivity contribution < 1.29 is 21.8 Å². The van der Waals surface area contributed by atoms with E-state index in [-0.39, 0.29) is 19.1 Å². The predicted molar refractivity (Wildman–Crippen MR) is 96.2 cm³/mol. The van der Waals surface area contributed by atoms with Crippen LogP contribution in [0.4, 0.5) is 5.82 Å². The second kappa shape index (κ2) is 7.60. The Morgan fingerprint density at radius 3 is 2.96 bits per heavy atom. The minimum Gasteiger partial charge on any atom is -0.468 e. The topological polar surface area (TPSA) is 139 Å². The van der Waals surface area contributed by atoms with Gasteiger partial charge in [-0.2, -0.15) is 18.6 Å². The number of nitrogens with zero attached hydrogens (tertiary/aromatic N) is 2. The molecule has 0 radical (unpaired) electrons. The zero-order chi connectivity index (χ0) is 18.7. The first kappa shape index (κ1) is 18.6. The van der Waals surface area contributed by atoms with E-state index in [0.29, 0.717) is 29.3 Å². The van der Waals surface area contributed by atoms with Crippen molar-refractivity contribution in [1.29, 1.82) is 0 Å². The van der Waals surface area contributed by atoms with Gasteiger partial charge >= 0.3 is 0 Å². The van der Waals surface area contributed by atoms with Crippen LogP contribution in [0, 0.1) is 5.92 Å². The predicted octanol–water partition coefficient (Wildman–Crippen LogP) is 0.846. The summed E-state index contributed by atoms with van der Waals surface area (Å²) < 4.78 is 32.8. The van der Waals surface area contributed by atoms with Gasteiger partial charge in [0.05, 0.1) is 40.7 Å². The second-order valence-electron chi connectivity index (χ2n) is 5.57. The molecule has 26 heavy (non-hydrogen) atoms. The molecule has 1 atom stereocenters. The third-order valence-corrected chi connectivity index (χ3v) is 4.59. The van der Waals surface area contributed by atoms with Crippen LogP contribution < -0.4 is 10.7 Å². The number of rotatable bonds is 8. The van der Waals surface area contributed by atoms with E-state index in [9.17, 15) is 13.2 Å². The van der Waals surface area contributed by atoms with Gasteiger partial charge in [-0.15, -0.1) is 0 Å². The van der Waals surface area contributed by atoms with Gasteiger partial charge in [0, 0.05) is 13.0 Å². The quantitative estimate of drug-likeness (QED) is 0.404. The third kappa shape index (κ3) is 4.51. The summed E-state index contributed by atoms with van der Waals surface area (Å²) in [5.74, 6) is 0.396. The Bertz CT molecular complexity index is 935. The fraction of sp³-hybridized carbons (Fsp3) is 0.357. The summed E-state index contributed by atoms with van der Waals surface area (Å²) in [6, 6.07) is 1.79. The molecule has 2 aromatic rings. The number of halogens is 1. The summed E-state index contributed by atoms with van der Waals surface area (Å²) >= 11 is 3.31. The molecule has 140 valence electrons. The van der Waals surface area contributed by atoms with Gasteiger partial charge in [0.2, 0.25) is 5.91 Å². The van der Waals surface area contributed by atoms with Crippen LogP contribution in [0.3, 0.4) is 0 Å². The van der Waals surface area contributed by atoms with Crippen molar-refractivity contribution >= 4 is 43.5 Å². The number of hydrogen-bond donors (Lipinski definition) is 3. The van der Waals surface area contributed by atoms with Crippen LogP contribution in [-0.2, 0) is 25.5 Å². The lowest BCUT2D eigenvalue weighted by Crippen LogP contribution is -2.26. The van der Waals surface area contributed by atoms with Gasteiger partial charge < -0.3 is 9.73 Å². The Morgan fingerprint density at radius 1 is 1.46 bits per heavy atom. The van der Waals surface area contributed by atoms with Crippen molar-refractivity contribution in [2.24, 2.45) is 11.0 Å². The molecule has 0 aromatic carbocycles. The van der Waals surface area contributed by atoms with E-state index in [1.165, 1.54) is 0 Å². The molecule has 10 nitrogen and oxygen atoms in total. The van der Waals surface area contributed by atoms with Crippen molar-refractivity contribution in [3.05, 3.63) is 34.3 Å². The Labute approximate surface area is 157 Å². The summed E-state index contributed by atoms with van der Waals surface area (Å²) in [7, 11) is -3.50. The molecule has 0 saturated heterocycles. The number of carbonyl (C=O) groups is 1. The molecule has 1 aliphatic heterocycles. The van der Waals surface area contributed by atoms with E-state index in [4.69, 9.17) is 4.42 Å². The molecule has 0 fully saturated rings. The summed E-state index contributed by atoms with van der Waals surface area (Å²) in [5, 5.41) is 13.8. The number of aromatic nitrogens is 2. The lowest BCUT2D eigenvalue weighted by atomic mass is 9.94. The van der Waals surface area contributed by atoms with Crippen LogP contribution in [0.1, 0.15) is 11.3 Å².